The molecular formula is C23H31N5O3S. The van der Waals surface area contributed by atoms with Gasteiger partial charge in [-0.05, 0) is 49.9 Å². The van der Waals surface area contributed by atoms with Crippen LogP contribution in [0.4, 0.5) is 11.5 Å². The zero-order valence-corrected chi connectivity index (χ0v) is 19.5. The van der Waals surface area contributed by atoms with Crippen molar-refractivity contribution in [3.63, 3.8) is 0 Å². The number of carbonyl (C=O) groups excluding carboxylic acids is 1. The second-order valence-corrected chi connectivity index (χ2v) is 10.3. The molecule has 2 aliphatic rings. The molecule has 8 nitrogen and oxygen atoms in total. The molecule has 0 spiro atoms. The van der Waals surface area contributed by atoms with E-state index in [1.807, 2.05) is 13.0 Å². The third-order valence-corrected chi connectivity index (χ3v) is 7.63. The van der Waals surface area contributed by atoms with Gasteiger partial charge in [0.1, 0.15) is 5.82 Å². The van der Waals surface area contributed by atoms with Crippen molar-refractivity contribution >= 4 is 27.4 Å². The molecular weight excluding hydrogens is 426 g/mol. The molecule has 0 atom stereocenters. The molecule has 2 aromatic rings. The molecule has 172 valence electrons. The second-order valence-electron chi connectivity index (χ2n) is 8.66. The van der Waals surface area contributed by atoms with Crippen LogP contribution in [0.5, 0.6) is 0 Å². The standard InChI is InChI=1S/C23H31N5O3S/c1-16-7-8-17(2)21(13-16)32(30,31)27-19-14-20(23(29)26-18-5-3-4-6-18)22(25-15-19)28-11-9-24-10-12-28/h7-8,13-15,18,24,27H,3-6,9-12H2,1-2H3,(H,26,29). The van der Waals surface area contributed by atoms with Gasteiger partial charge in [0, 0.05) is 32.2 Å². The van der Waals surface area contributed by atoms with Crippen LogP contribution in [0, 0.1) is 13.8 Å². The Bertz CT molecular complexity index is 1090. The van der Waals surface area contributed by atoms with E-state index in [0.29, 0.717) is 16.9 Å². The largest absolute Gasteiger partial charge is 0.353 e. The lowest BCUT2D eigenvalue weighted by Crippen LogP contribution is -2.45. The Hall–Kier alpha value is -2.65. The quantitative estimate of drug-likeness (QED) is 0.616. The SMILES string of the molecule is Cc1ccc(C)c(S(=O)(=O)Nc2cnc(N3CCNCC3)c(C(=O)NC3CCCC3)c2)c1. The minimum Gasteiger partial charge on any atom is -0.353 e. The zero-order chi connectivity index (χ0) is 22.7. The smallest absolute Gasteiger partial charge is 0.262 e. The van der Waals surface area contributed by atoms with Crippen LogP contribution in [0.25, 0.3) is 0 Å². The zero-order valence-electron chi connectivity index (χ0n) is 18.6. The van der Waals surface area contributed by atoms with Gasteiger partial charge in [-0.2, -0.15) is 0 Å². The van der Waals surface area contributed by atoms with Crippen molar-refractivity contribution in [3.05, 3.63) is 47.2 Å². The summed E-state index contributed by atoms with van der Waals surface area (Å²) in [6.07, 6.45) is 5.67. The van der Waals surface area contributed by atoms with E-state index in [1.54, 1.807) is 25.1 Å². The van der Waals surface area contributed by atoms with Crippen LogP contribution in [0.1, 0.15) is 47.2 Å². The maximum Gasteiger partial charge on any atom is 0.262 e. The molecule has 1 aliphatic heterocycles. The molecule has 32 heavy (non-hydrogen) atoms. The van der Waals surface area contributed by atoms with Gasteiger partial charge in [0.25, 0.3) is 15.9 Å². The van der Waals surface area contributed by atoms with Crippen LogP contribution in [0.15, 0.2) is 35.4 Å². The predicted octanol–water partition coefficient (Wildman–Crippen LogP) is 2.58. The molecule has 9 heteroatoms. The lowest BCUT2D eigenvalue weighted by atomic mass is 10.1. The number of nitrogens with one attached hydrogen (secondary N) is 3. The van der Waals surface area contributed by atoms with E-state index >= 15 is 0 Å². The molecule has 1 aliphatic carbocycles. The van der Waals surface area contributed by atoms with Gasteiger partial charge in [-0.3, -0.25) is 9.52 Å². The van der Waals surface area contributed by atoms with Crippen LogP contribution < -0.4 is 20.3 Å². The van der Waals surface area contributed by atoms with E-state index in [0.717, 1.165) is 57.4 Å². The van der Waals surface area contributed by atoms with E-state index < -0.39 is 10.0 Å². The topological polar surface area (TPSA) is 103 Å². The first kappa shape index (κ1) is 22.5. The van der Waals surface area contributed by atoms with Crippen LogP contribution in [0.2, 0.25) is 0 Å². The fourth-order valence-corrected chi connectivity index (χ4v) is 5.71. The van der Waals surface area contributed by atoms with Crippen LogP contribution in [0.3, 0.4) is 0 Å². The first-order valence-electron chi connectivity index (χ1n) is 11.2. The molecule has 1 saturated carbocycles. The predicted molar refractivity (Wildman–Crippen MR) is 126 cm³/mol. The number of aryl methyl sites for hydroxylation is 2. The summed E-state index contributed by atoms with van der Waals surface area (Å²) in [5.41, 5.74) is 2.20. The van der Waals surface area contributed by atoms with Gasteiger partial charge in [-0.25, -0.2) is 13.4 Å². The molecule has 1 saturated heterocycles. The Kier molecular flexibility index (Phi) is 6.66. The molecule has 1 aromatic carbocycles. The van der Waals surface area contributed by atoms with Crippen molar-refractivity contribution < 1.29 is 13.2 Å². The number of hydrogen-bond acceptors (Lipinski definition) is 6. The highest BCUT2D eigenvalue weighted by Gasteiger charge is 2.25. The monoisotopic (exact) mass is 457 g/mol. The molecule has 0 bridgehead atoms. The summed E-state index contributed by atoms with van der Waals surface area (Å²) in [4.78, 5) is 20.0. The lowest BCUT2D eigenvalue weighted by molar-refractivity contribution is 0.0938. The van der Waals surface area contributed by atoms with Crippen molar-refractivity contribution in [3.8, 4) is 0 Å². The Morgan fingerprint density at radius 1 is 1.12 bits per heavy atom. The van der Waals surface area contributed by atoms with Gasteiger partial charge in [-0.1, -0.05) is 25.0 Å². The first-order valence-corrected chi connectivity index (χ1v) is 12.7. The van der Waals surface area contributed by atoms with Crippen molar-refractivity contribution in [2.24, 2.45) is 0 Å². The summed E-state index contributed by atoms with van der Waals surface area (Å²) in [6.45, 7) is 6.72. The summed E-state index contributed by atoms with van der Waals surface area (Å²) in [5, 5.41) is 6.42. The molecule has 2 fully saturated rings. The maximum atomic E-state index is 13.2. The Morgan fingerprint density at radius 2 is 1.84 bits per heavy atom. The van der Waals surface area contributed by atoms with E-state index in [4.69, 9.17) is 0 Å². The van der Waals surface area contributed by atoms with Gasteiger partial charge in [-0.15, -0.1) is 0 Å². The molecule has 3 N–H and O–H groups in total. The number of piperazine rings is 1. The van der Waals surface area contributed by atoms with E-state index in [-0.39, 0.29) is 22.5 Å². The van der Waals surface area contributed by atoms with Crippen LogP contribution >= 0.6 is 0 Å². The Labute approximate surface area is 189 Å². The summed E-state index contributed by atoms with van der Waals surface area (Å²) < 4.78 is 28.7. The van der Waals surface area contributed by atoms with Gasteiger partial charge in [0.2, 0.25) is 0 Å². The Morgan fingerprint density at radius 3 is 2.56 bits per heavy atom. The van der Waals surface area contributed by atoms with Crippen molar-refractivity contribution in [1.29, 1.82) is 0 Å². The number of aromatic nitrogens is 1. The van der Waals surface area contributed by atoms with E-state index in [9.17, 15) is 13.2 Å². The van der Waals surface area contributed by atoms with Crippen molar-refractivity contribution in [2.45, 2.75) is 50.5 Å². The molecule has 4 rings (SSSR count). The summed E-state index contributed by atoms with van der Waals surface area (Å²) in [5.74, 6) is 0.391. The van der Waals surface area contributed by atoms with E-state index in [1.165, 1.54) is 6.20 Å². The number of amides is 1. The number of anilines is 2. The van der Waals surface area contributed by atoms with Crippen LogP contribution in [-0.2, 0) is 10.0 Å². The summed E-state index contributed by atoms with van der Waals surface area (Å²) >= 11 is 0. The van der Waals surface area contributed by atoms with Crippen molar-refractivity contribution in [2.75, 3.05) is 35.8 Å². The summed E-state index contributed by atoms with van der Waals surface area (Å²) in [7, 11) is -3.81. The third kappa shape index (κ3) is 5.05. The van der Waals surface area contributed by atoms with Gasteiger partial charge >= 0.3 is 0 Å². The van der Waals surface area contributed by atoms with Gasteiger partial charge in [0.05, 0.1) is 22.3 Å². The van der Waals surface area contributed by atoms with Crippen molar-refractivity contribution in [1.82, 2.24) is 15.6 Å². The number of benzene rings is 1. The highest BCUT2D eigenvalue weighted by atomic mass is 32.2. The minimum atomic E-state index is -3.81. The average Bonchev–Trinajstić information content (AvgIpc) is 3.28. The molecule has 2 heterocycles. The second kappa shape index (κ2) is 9.46. The normalized spacial score (nSPS) is 17.4. The Balaban J connectivity index is 1.65. The maximum absolute atomic E-state index is 13.2. The fourth-order valence-electron chi connectivity index (χ4n) is 4.35. The summed E-state index contributed by atoms with van der Waals surface area (Å²) in [6, 6.07) is 7.08. The molecule has 1 aromatic heterocycles. The lowest BCUT2D eigenvalue weighted by Gasteiger charge is -2.30. The molecule has 1 amide bonds. The highest BCUT2D eigenvalue weighted by Crippen LogP contribution is 2.26. The minimum absolute atomic E-state index is 0.161. The van der Waals surface area contributed by atoms with Crippen LogP contribution in [-0.4, -0.2) is 51.5 Å². The first-order chi connectivity index (χ1) is 15.3. The van der Waals surface area contributed by atoms with E-state index in [2.05, 4.69) is 25.2 Å². The number of rotatable bonds is 6. The number of pyridine rings is 1. The third-order valence-electron chi connectivity index (χ3n) is 6.10. The number of nitrogens with zero attached hydrogens (tertiary/aromatic N) is 2. The number of sulfonamides is 1. The molecule has 0 radical (unpaired) electrons. The van der Waals surface area contributed by atoms with Gasteiger partial charge < -0.3 is 15.5 Å². The van der Waals surface area contributed by atoms with Gasteiger partial charge in [0.15, 0.2) is 0 Å². The number of hydrogen-bond donors (Lipinski definition) is 3. The molecule has 0 unspecified atom stereocenters. The fraction of sp³-hybridized carbons (Fsp3) is 0.478. The number of carbonyl (C=O) groups is 1. The highest BCUT2D eigenvalue weighted by molar-refractivity contribution is 7.92. The average molecular weight is 458 g/mol.